The molecule has 1 aliphatic rings. The van der Waals surface area contributed by atoms with Crippen molar-refractivity contribution in [2.75, 3.05) is 17.3 Å². The molecule has 2 aromatic heterocycles. The Balaban J connectivity index is 0.000000213. The molecule has 0 saturated heterocycles. The van der Waals surface area contributed by atoms with Gasteiger partial charge in [-0.3, -0.25) is 0 Å². The zero-order chi connectivity index (χ0) is 48.8. The minimum absolute atomic E-state index is 1.11. The maximum atomic E-state index is 4.50. The summed E-state index contributed by atoms with van der Waals surface area (Å²) in [6.45, 7) is 2.13. The van der Waals surface area contributed by atoms with Gasteiger partial charge in [-0.2, -0.15) is 0 Å². The van der Waals surface area contributed by atoms with E-state index in [4.69, 9.17) is 0 Å². The molecule has 3 N–H and O–H groups in total. The van der Waals surface area contributed by atoms with Crippen LogP contribution in [0.15, 0.2) is 267 Å². The molecule has 346 valence electrons. The van der Waals surface area contributed by atoms with E-state index in [0.717, 1.165) is 22.7 Å². The van der Waals surface area contributed by atoms with E-state index in [2.05, 4.69) is 276 Å². The Labute approximate surface area is 421 Å². The van der Waals surface area contributed by atoms with Crippen molar-refractivity contribution in [3.63, 3.8) is 0 Å². The molecule has 3 heterocycles. The molecular weight excluding hydrogens is 873 g/mol. The Kier molecular flexibility index (Phi) is 12.8. The first-order valence-electron chi connectivity index (χ1n) is 24.6. The molecule has 0 fully saturated rings. The predicted molar refractivity (Wildman–Crippen MR) is 310 cm³/mol. The van der Waals surface area contributed by atoms with E-state index in [1.165, 1.54) is 101 Å². The van der Waals surface area contributed by atoms with Gasteiger partial charge in [0.15, 0.2) is 0 Å². The van der Waals surface area contributed by atoms with Crippen LogP contribution in [0, 0.1) is 6.92 Å². The van der Waals surface area contributed by atoms with Crippen molar-refractivity contribution in [1.29, 1.82) is 0 Å². The molecule has 72 heavy (non-hydrogen) atoms. The maximum absolute atomic E-state index is 4.50. The molecule has 0 atom stereocenters. The van der Waals surface area contributed by atoms with Crippen molar-refractivity contribution < 1.29 is 0 Å². The van der Waals surface area contributed by atoms with Crippen LogP contribution in [0.2, 0.25) is 0 Å². The molecule has 12 aromatic rings. The van der Waals surface area contributed by atoms with Gasteiger partial charge in [-0.1, -0.05) is 206 Å². The predicted octanol–water partition coefficient (Wildman–Crippen LogP) is 18.1. The van der Waals surface area contributed by atoms with E-state index in [1.54, 1.807) is 0 Å². The highest BCUT2D eigenvalue weighted by Gasteiger charge is 2.19. The first kappa shape index (κ1) is 45.2. The first-order chi connectivity index (χ1) is 35.6. The van der Waals surface area contributed by atoms with Gasteiger partial charge < -0.3 is 20.4 Å². The van der Waals surface area contributed by atoms with Crippen LogP contribution in [0.1, 0.15) is 11.1 Å². The second kappa shape index (κ2) is 20.4. The van der Waals surface area contributed by atoms with E-state index in [0.29, 0.717) is 0 Å². The number of para-hydroxylation sites is 3. The Bertz CT molecular complexity index is 3820. The highest BCUT2D eigenvalue weighted by atomic mass is 15.1. The quantitative estimate of drug-likeness (QED) is 0.175. The standard InChI is InChI=1S/C48H32N2.C19H17N.CH5N/c1-3-11-33(12-4-1)35-21-26-39(27-22-35)49(40-28-23-36(24-29-40)34-13-5-2-6-14-34)41-16-9-15-37(31-41)38-25-30-47-45(32-38)44-19-10-18-43-42-17-7-8-20-46(42)50(47)48(43)44;1-15-11-12-17-16(14-15)8-4-2-3-7-13-20-19-10-6-5-9-18(17)19;1-2/h1-32H;2-14,20H,1H3;2H2,1H3/b;3-2-,8-4-,13-7+;. The number of nitrogens with zero attached hydrogens (tertiary/aromatic N) is 2. The number of rotatable bonds is 6. The van der Waals surface area contributed by atoms with Gasteiger partial charge in [0.2, 0.25) is 0 Å². The molecule has 0 radical (unpaired) electrons. The van der Waals surface area contributed by atoms with Gasteiger partial charge >= 0.3 is 0 Å². The van der Waals surface area contributed by atoms with Gasteiger partial charge in [-0.15, -0.1) is 0 Å². The highest BCUT2D eigenvalue weighted by molar-refractivity contribution is 6.23. The van der Waals surface area contributed by atoms with E-state index in [1.807, 2.05) is 24.4 Å². The van der Waals surface area contributed by atoms with Crippen molar-refractivity contribution in [2.45, 2.75) is 6.92 Å². The minimum atomic E-state index is 1.11. The summed E-state index contributed by atoms with van der Waals surface area (Å²) in [6, 6.07) is 85.3. The lowest BCUT2D eigenvalue weighted by atomic mass is 9.96. The van der Waals surface area contributed by atoms with E-state index < -0.39 is 0 Å². The number of aromatic nitrogens is 1. The number of nitrogens with two attached hydrogens (primary N) is 1. The summed E-state index contributed by atoms with van der Waals surface area (Å²) in [6.07, 6.45) is 12.3. The zero-order valence-electron chi connectivity index (χ0n) is 40.5. The van der Waals surface area contributed by atoms with Gasteiger partial charge in [-0.05, 0) is 125 Å². The van der Waals surface area contributed by atoms with Gasteiger partial charge in [0, 0.05) is 56.1 Å². The number of hydrogen-bond acceptors (Lipinski definition) is 3. The molecule has 0 unspecified atom stereocenters. The third-order valence-corrected chi connectivity index (χ3v) is 13.5. The molecular formula is C68H54N4. The molecule has 1 aliphatic heterocycles. The van der Waals surface area contributed by atoms with Crippen LogP contribution < -0.4 is 16.0 Å². The smallest absolute Gasteiger partial charge is 0.0620 e. The van der Waals surface area contributed by atoms with Gasteiger partial charge in [0.1, 0.15) is 0 Å². The Morgan fingerprint density at radius 3 is 1.64 bits per heavy atom. The topological polar surface area (TPSA) is 45.7 Å². The summed E-state index contributed by atoms with van der Waals surface area (Å²) >= 11 is 0. The molecule has 10 aromatic carbocycles. The van der Waals surface area contributed by atoms with Crippen molar-refractivity contribution in [1.82, 2.24) is 4.40 Å². The summed E-state index contributed by atoms with van der Waals surface area (Å²) in [5.74, 6) is 0. The number of benzene rings is 10. The fourth-order valence-corrected chi connectivity index (χ4v) is 10.1. The van der Waals surface area contributed by atoms with Crippen LogP contribution in [0.3, 0.4) is 0 Å². The number of fused-ring (bicyclic) bond motifs is 9. The van der Waals surface area contributed by atoms with Crippen LogP contribution in [-0.4, -0.2) is 11.4 Å². The lowest BCUT2D eigenvalue weighted by Crippen LogP contribution is -2.10. The highest BCUT2D eigenvalue weighted by Crippen LogP contribution is 2.42. The number of allylic oxidation sites excluding steroid dienone is 4. The average Bonchev–Trinajstić information content (AvgIpc) is 3.96. The van der Waals surface area contributed by atoms with E-state index in [9.17, 15) is 0 Å². The molecule has 0 amide bonds. The van der Waals surface area contributed by atoms with Crippen LogP contribution in [0.5, 0.6) is 0 Å². The lowest BCUT2D eigenvalue weighted by molar-refractivity contribution is 1.28. The van der Waals surface area contributed by atoms with Crippen LogP contribution in [0.25, 0.3) is 88.7 Å². The molecule has 0 spiro atoms. The molecule has 0 aliphatic carbocycles. The summed E-state index contributed by atoms with van der Waals surface area (Å²) in [5, 5.41) is 8.55. The van der Waals surface area contributed by atoms with E-state index in [-0.39, 0.29) is 0 Å². The monoisotopic (exact) mass is 926 g/mol. The average molecular weight is 927 g/mol. The fraction of sp³-hybridized carbons (Fsp3) is 0.0294. The summed E-state index contributed by atoms with van der Waals surface area (Å²) in [7, 11) is 1.50. The second-order valence-corrected chi connectivity index (χ2v) is 17.9. The van der Waals surface area contributed by atoms with Gasteiger partial charge in [0.05, 0.1) is 16.6 Å². The molecule has 4 nitrogen and oxygen atoms in total. The van der Waals surface area contributed by atoms with Crippen molar-refractivity contribution in [3.05, 3.63) is 278 Å². The molecule has 4 heteroatoms. The molecule has 0 saturated carbocycles. The Morgan fingerprint density at radius 2 is 0.917 bits per heavy atom. The summed E-state index contributed by atoms with van der Waals surface area (Å²) in [5.41, 5.74) is 25.0. The zero-order valence-corrected chi connectivity index (χ0v) is 40.5. The third kappa shape index (κ3) is 8.84. The summed E-state index contributed by atoms with van der Waals surface area (Å²) < 4.78 is 2.44. The van der Waals surface area contributed by atoms with Gasteiger partial charge in [-0.25, -0.2) is 0 Å². The second-order valence-electron chi connectivity index (χ2n) is 17.9. The Morgan fingerprint density at radius 1 is 0.375 bits per heavy atom. The molecule has 13 rings (SSSR count). The largest absolute Gasteiger partial charge is 0.361 e. The fourth-order valence-electron chi connectivity index (χ4n) is 10.1. The van der Waals surface area contributed by atoms with Crippen LogP contribution in [-0.2, 0) is 0 Å². The number of anilines is 4. The van der Waals surface area contributed by atoms with Crippen LogP contribution >= 0.6 is 0 Å². The number of hydrogen-bond donors (Lipinski definition) is 2. The number of nitrogens with one attached hydrogen (secondary N) is 1. The number of aryl methyl sites for hydroxylation is 1. The third-order valence-electron chi connectivity index (χ3n) is 13.5. The minimum Gasteiger partial charge on any atom is -0.361 e. The lowest BCUT2D eigenvalue weighted by Gasteiger charge is -2.26. The van der Waals surface area contributed by atoms with Gasteiger partial charge in [0.25, 0.3) is 0 Å². The van der Waals surface area contributed by atoms with Crippen molar-refractivity contribution in [2.24, 2.45) is 5.73 Å². The van der Waals surface area contributed by atoms with E-state index >= 15 is 0 Å². The van der Waals surface area contributed by atoms with Crippen molar-refractivity contribution >= 4 is 66.9 Å². The summed E-state index contributed by atoms with van der Waals surface area (Å²) in [4.78, 5) is 2.36. The maximum Gasteiger partial charge on any atom is 0.0620 e. The van der Waals surface area contributed by atoms with Crippen LogP contribution in [0.4, 0.5) is 22.7 Å². The normalized spacial score (nSPS) is 13.1. The SMILES string of the molecule is CN.Cc1ccc2c(c1)\C=C/C=C\C=C\Nc1ccccc1-2.c1ccc(-c2ccc(N(c3ccc(-c4ccccc4)cc3)c3cccc(-c4ccc5c(c4)c4cccc6c7ccccc7n5c64)c3)cc2)cc1. The Hall–Kier alpha value is -9.22. The molecule has 0 bridgehead atoms. The van der Waals surface area contributed by atoms with Crippen molar-refractivity contribution in [3.8, 4) is 44.5 Å². The first-order valence-corrected chi connectivity index (χ1v) is 24.6.